The molecule has 5 heteroatoms. The molecule has 0 saturated heterocycles. The van der Waals surface area contributed by atoms with E-state index < -0.39 is 4.92 Å². The first-order valence-electron chi connectivity index (χ1n) is 3.61. The van der Waals surface area contributed by atoms with E-state index in [1.807, 2.05) is 6.26 Å². The van der Waals surface area contributed by atoms with E-state index in [9.17, 15) is 15.2 Å². The molecule has 0 unspecified atom stereocenters. The molecule has 0 spiro atoms. The van der Waals surface area contributed by atoms with Crippen molar-refractivity contribution in [2.45, 2.75) is 11.4 Å². The van der Waals surface area contributed by atoms with Crippen LogP contribution in [0.25, 0.3) is 0 Å². The highest BCUT2D eigenvalue weighted by Gasteiger charge is 2.05. The Labute approximate surface area is 79.7 Å². The number of benzene rings is 1. The van der Waals surface area contributed by atoms with Crippen LogP contribution in [0.1, 0.15) is 5.56 Å². The minimum absolute atomic E-state index is 0.104. The molecule has 0 heterocycles. The summed E-state index contributed by atoms with van der Waals surface area (Å²) in [7, 11) is 0. The molecule has 0 aromatic heterocycles. The molecular formula is C8H9NO3S. The molecule has 0 aliphatic rings. The van der Waals surface area contributed by atoms with Gasteiger partial charge in [0.15, 0.2) is 0 Å². The van der Waals surface area contributed by atoms with Crippen LogP contribution in [0.4, 0.5) is 0 Å². The van der Waals surface area contributed by atoms with Gasteiger partial charge in [-0.2, -0.15) is 0 Å². The van der Waals surface area contributed by atoms with Crippen molar-refractivity contribution in [2.75, 3.05) is 6.26 Å². The van der Waals surface area contributed by atoms with Gasteiger partial charge in [-0.05, 0) is 18.4 Å². The summed E-state index contributed by atoms with van der Waals surface area (Å²) in [5.41, 5.74) is 0.514. The van der Waals surface area contributed by atoms with Crippen LogP contribution >= 0.6 is 11.8 Å². The van der Waals surface area contributed by atoms with Crippen molar-refractivity contribution in [3.8, 4) is 5.75 Å². The summed E-state index contributed by atoms with van der Waals surface area (Å²) in [4.78, 5) is 10.5. The van der Waals surface area contributed by atoms with Crippen molar-refractivity contribution in [2.24, 2.45) is 0 Å². The molecular weight excluding hydrogens is 190 g/mol. The predicted octanol–water partition coefficient (Wildman–Crippen LogP) is 1.89. The van der Waals surface area contributed by atoms with Crippen molar-refractivity contribution in [3.05, 3.63) is 33.9 Å². The van der Waals surface area contributed by atoms with Crippen molar-refractivity contribution in [1.82, 2.24) is 0 Å². The minimum atomic E-state index is -0.423. The Morgan fingerprint density at radius 2 is 2.31 bits per heavy atom. The van der Waals surface area contributed by atoms with Gasteiger partial charge in [0.1, 0.15) is 5.75 Å². The van der Waals surface area contributed by atoms with Gasteiger partial charge in [-0.3, -0.25) is 10.1 Å². The Morgan fingerprint density at radius 3 is 2.77 bits per heavy atom. The van der Waals surface area contributed by atoms with Crippen molar-refractivity contribution in [1.29, 1.82) is 0 Å². The maximum absolute atomic E-state index is 10.2. The van der Waals surface area contributed by atoms with Crippen LogP contribution in [0.5, 0.6) is 5.75 Å². The van der Waals surface area contributed by atoms with E-state index in [-0.39, 0.29) is 12.3 Å². The lowest BCUT2D eigenvalue weighted by atomic mass is 10.2. The van der Waals surface area contributed by atoms with E-state index in [1.165, 1.54) is 17.8 Å². The molecule has 4 nitrogen and oxygen atoms in total. The van der Waals surface area contributed by atoms with Crippen LogP contribution in [0, 0.1) is 10.1 Å². The zero-order chi connectivity index (χ0) is 9.84. The topological polar surface area (TPSA) is 63.4 Å². The number of thioether (sulfide) groups is 1. The molecule has 0 aliphatic carbocycles. The summed E-state index contributed by atoms with van der Waals surface area (Å²) in [5.74, 6) is 0.104. The normalized spacial score (nSPS) is 9.92. The van der Waals surface area contributed by atoms with Gasteiger partial charge in [0, 0.05) is 15.4 Å². The average Bonchev–Trinajstić information content (AvgIpc) is 2.03. The Morgan fingerprint density at radius 1 is 1.62 bits per heavy atom. The second kappa shape index (κ2) is 4.13. The lowest BCUT2D eigenvalue weighted by molar-refractivity contribution is -0.496. The number of hydrogen-bond donors (Lipinski definition) is 1. The SMILES string of the molecule is CSc1ccc(C[N+](=O)[O-])cc1O. The zero-order valence-electron chi connectivity index (χ0n) is 7.06. The van der Waals surface area contributed by atoms with Crippen molar-refractivity contribution >= 4 is 11.8 Å². The third-order valence-electron chi connectivity index (χ3n) is 1.55. The van der Waals surface area contributed by atoms with Crippen LogP contribution in [0.15, 0.2) is 23.1 Å². The van der Waals surface area contributed by atoms with Gasteiger partial charge >= 0.3 is 0 Å². The molecule has 0 amide bonds. The van der Waals surface area contributed by atoms with Gasteiger partial charge < -0.3 is 5.11 Å². The van der Waals surface area contributed by atoms with E-state index in [4.69, 9.17) is 0 Å². The first kappa shape index (κ1) is 9.85. The second-order valence-corrected chi connectivity index (χ2v) is 3.35. The lowest BCUT2D eigenvalue weighted by Gasteiger charge is -2.01. The Kier molecular flexibility index (Phi) is 3.13. The van der Waals surface area contributed by atoms with Gasteiger partial charge in [0.05, 0.1) is 0 Å². The van der Waals surface area contributed by atoms with Crippen LogP contribution in [0.2, 0.25) is 0 Å². The molecule has 0 bridgehead atoms. The van der Waals surface area contributed by atoms with Crippen molar-refractivity contribution < 1.29 is 10.0 Å². The van der Waals surface area contributed by atoms with Gasteiger partial charge in [-0.25, -0.2) is 0 Å². The summed E-state index contributed by atoms with van der Waals surface area (Å²) in [6.45, 7) is -0.248. The lowest BCUT2D eigenvalue weighted by Crippen LogP contribution is -1.97. The summed E-state index contributed by atoms with van der Waals surface area (Å²) in [6, 6.07) is 4.75. The molecule has 0 saturated carbocycles. The third kappa shape index (κ3) is 2.62. The summed E-state index contributed by atoms with van der Waals surface area (Å²) in [6.07, 6.45) is 1.84. The molecule has 70 valence electrons. The van der Waals surface area contributed by atoms with Gasteiger partial charge in [-0.15, -0.1) is 11.8 Å². The number of hydrogen-bond acceptors (Lipinski definition) is 4. The van der Waals surface area contributed by atoms with E-state index in [1.54, 1.807) is 12.1 Å². The molecule has 0 atom stereocenters. The first-order chi connectivity index (χ1) is 6.13. The van der Waals surface area contributed by atoms with Crippen LogP contribution in [-0.2, 0) is 6.54 Å². The molecule has 1 N–H and O–H groups in total. The molecule has 0 radical (unpaired) electrons. The smallest absolute Gasteiger partial charge is 0.229 e. The fourth-order valence-electron chi connectivity index (χ4n) is 0.983. The number of phenols is 1. The highest BCUT2D eigenvalue weighted by molar-refractivity contribution is 7.98. The van der Waals surface area contributed by atoms with E-state index in [0.717, 1.165) is 4.90 Å². The second-order valence-electron chi connectivity index (χ2n) is 2.50. The molecule has 0 aliphatic heterocycles. The predicted molar refractivity (Wildman–Crippen MR) is 50.6 cm³/mol. The zero-order valence-corrected chi connectivity index (χ0v) is 7.87. The number of nitrogens with zero attached hydrogens (tertiary/aromatic N) is 1. The standard InChI is InChI=1S/C8H9NO3S/c1-13-8-3-2-6(4-7(8)10)5-9(11)12/h2-4,10H,5H2,1H3. The number of nitro groups is 1. The fourth-order valence-corrected chi connectivity index (χ4v) is 1.46. The number of phenolic OH excluding ortho intramolecular Hbond substituents is 1. The average molecular weight is 199 g/mol. The maximum atomic E-state index is 10.2. The van der Waals surface area contributed by atoms with E-state index in [0.29, 0.717) is 5.56 Å². The quantitative estimate of drug-likeness (QED) is 0.458. The summed E-state index contributed by atoms with van der Waals surface area (Å²) in [5, 5.41) is 19.5. The van der Waals surface area contributed by atoms with E-state index in [2.05, 4.69) is 0 Å². The van der Waals surface area contributed by atoms with Crippen molar-refractivity contribution in [3.63, 3.8) is 0 Å². The number of aromatic hydroxyl groups is 1. The molecule has 0 fully saturated rings. The van der Waals surface area contributed by atoms with Crippen LogP contribution < -0.4 is 0 Å². The van der Waals surface area contributed by atoms with Gasteiger partial charge in [0.2, 0.25) is 6.54 Å². The van der Waals surface area contributed by atoms with Gasteiger partial charge in [0.25, 0.3) is 0 Å². The molecule has 13 heavy (non-hydrogen) atoms. The molecule has 1 aromatic carbocycles. The van der Waals surface area contributed by atoms with Gasteiger partial charge in [-0.1, -0.05) is 6.07 Å². The summed E-state index contributed by atoms with van der Waals surface area (Å²) < 4.78 is 0. The first-order valence-corrected chi connectivity index (χ1v) is 4.83. The Bertz CT molecular complexity index is 327. The summed E-state index contributed by atoms with van der Waals surface area (Å²) >= 11 is 1.40. The minimum Gasteiger partial charge on any atom is -0.507 e. The highest BCUT2D eigenvalue weighted by atomic mass is 32.2. The monoisotopic (exact) mass is 199 g/mol. The van der Waals surface area contributed by atoms with E-state index >= 15 is 0 Å². The van der Waals surface area contributed by atoms with Crippen LogP contribution in [-0.4, -0.2) is 16.3 Å². The third-order valence-corrected chi connectivity index (χ3v) is 2.34. The Balaban J connectivity index is 2.89. The Hall–Kier alpha value is -1.23. The molecule has 1 rings (SSSR count). The van der Waals surface area contributed by atoms with Crippen LogP contribution in [0.3, 0.4) is 0 Å². The maximum Gasteiger partial charge on any atom is 0.229 e. The fraction of sp³-hybridized carbons (Fsp3) is 0.250. The highest BCUT2D eigenvalue weighted by Crippen LogP contribution is 2.27. The largest absolute Gasteiger partial charge is 0.507 e. The molecule has 1 aromatic rings. The number of rotatable bonds is 3.